The van der Waals surface area contributed by atoms with E-state index >= 15 is 0 Å². The number of ether oxygens (including phenoxy) is 3. The van der Waals surface area contributed by atoms with Gasteiger partial charge in [-0.05, 0) is 31.9 Å². The van der Waals surface area contributed by atoms with Crippen LogP contribution in [0.15, 0.2) is 53.5 Å². The number of hydrogen-bond donors (Lipinski definition) is 3. The van der Waals surface area contributed by atoms with Crippen molar-refractivity contribution in [2.75, 3.05) is 54.1 Å². The first-order valence-corrected chi connectivity index (χ1v) is 12.2. The Morgan fingerprint density at radius 1 is 1.00 bits per heavy atom. The van der Waals surface area contributed by atoms with E-state index in [2.05, 4.69) is 17.0 Å². The number of methoxy groups -OCH3 is 3. The van der Waals surface area contributed by atoms with Crippen LogP contribution in [0.1, 0.15) is 31.0 Å². The Labute approximate surface area is 219 Å². The van der Waals surface area contributed by atoms with Crippen molar-refractivity contribution in [2.45, 2.75) is 31.9 Å². The molecule has 2 aromatic rings. The first-order valence-electron chi connectivity index (χ1n) is 12.2. The molecule has 1 atom stereocenters. The number of para-hydroxylation sites is 1. The van der Waals surface area contributed by atoms with Gasteiger partial charge < -0.3 is 24.8 Å². The molecule has 3 rings (SSSR count). The van der Waals surface area contributed by atoms with E-state index in [0.717, 1.165) is 12.0 Å². The molecule has 37 heavy (non-hydrogen) atoms. The molecular formula is C27H40N6O4. The third kappa shape index (κ3) is 7.50. The van der Waals surface area contributed by atoms with Crippen LogP contribution < -0.4 is 15.2 Å². The molecule has 1 saturated heterocycles. The zero-order chi connectivity index (χ0) is 27.4. The molecule has 10 nitrogen and oxygen atoms in total. The average molecular weight is 513 g/mol. The molecule has 1 unspecified atom stereocenters. The quantitative estimate of drug-likeness (QED) is 0.253. The summed E-state index contributed by atoms with van der Waals surface area (Å²) in [6, 6.07) is 15.7. The fourth-order valence-electron chi connectivity index (χ4n) is 4.37. The lowest BCUT2D eigenvalue weighted by Gasteiger charge is -2.41. The molecule has 0 saturated carbocycles. The topological polar surface area (TPSA) is 137 Å². The van der Waals surface area contributed by atoms with Gasteiger partial charge in [0.1, 0.15) is 11.4 Å². The largest absolute Gasteiger partial charge is 0.493 e. The standard InChI is InChI=1S/C27H38N4O4.H2N2/c1-27(2,35-5)26(32)31-18-16-30(17-19-31)23(21-12-9-13-22(33-3)24(21)34-4)25(28)29-15-14-20-10-7-6-8-11-20;1-2/h6-13,23H,14-19H2,1-5H3,(H2,28,29);1-2H. The van der Waals surface area contributed by atoms with E-state index in [1.54, 1.807) is 35.2 Å². The van der Waals surface area contributed by atoms with Gasteiger partial charge >= 0.3 is 0 Å². The van der Waals surface area contributed by atoms with Crippen LogP contribution in [0, 0.1) is 11.1 Å². The first-order chi connectivity index (χ1) is 17.8. The minimum absolute atomic E-state index is 0.0142. The van der Waals surface area contributed by atoms with E-state index in [-0.39, 0.29) is 11.9 Å². The van der Waals surface area contributed by atoms with E-state index in [9.17, 15) is 4.79 Å². The van der Waals surface area contributed by atoms with Crippen LogP contribution in [0.3, 0.4) is 0 Å². The van der Waals surface area contributed by atoms with E-state index in [0.29, 0.717) is 50.1 Å². The highest BCUT2D eigenvalue weighted by Gasteiger charge is 2.36. The number of carbonyl (C=O) groups excluding carboxylic acids is 1. The number of nitrogens with zero attached hydrogens (tertiary/aromatic N) is 3. The number of nitrogens with two attached hydrogens (primary N) is 1. The lowest BCUT2D eigenvalue weighted by molar-refractivity contribution is -0.152. The molecule has 0 aromatic heterocycles. The molecule has 1 amide bonds. The van der Waals surface area contributed by atoms with Gasteiger partial charge in [-0.15, -0.1) is 0 Å². The summed E-state index contributed by atoms with van der Waals surface area (Å²) in [7, 11) is 4.81. The Kier molecular flexibility index (Phi) is 11.5. The average Bonchev–Trinajstić information content (AvgIpc) is 2.94. The van der Waals surface area contributed by atoms with Crippen LogP contribution in [-0.4, -0.2) is 81.2 Å². The molecule has 1 heterocycles. The molecule has 0 aliphatic carbocycles. The van der Waals surface area contributed by atoms with E-state index in [1.807, 2.05) is 41.3 Å². The number of benzene rings is 2. The molecule has 1 aliphatic rings. The maximum absolute atomic E-state index is 12.9. The van der Waals surface area contributed by atoms with Crippen LogP contribution in [0.25, 0.3) is 0 Å². The number of carbonyl (C=O) groups is 1. The molecule has 4 N–H and O–H groups in total. The second-order valence-corrected chi connectivity index (χ2v) is 9.07. The van der Waals surface area contributed by atoms with Gasteiger partial charge in [0.15, 0.2) is 11.5 Å². The maximum Gasteiger partial charge on any atom is 0.254 e. The Hall–Kier alpha value is -3.50. The molecule has 0 radical (unpaired) electrons. The van der Waals surface area contributed by atoms with Crippen LogP contribution >= 0.6 is 0 Å². The SMILES string of the molecule is COc1cccc(C(C(N)=NCCc2ccccc2)N2CCN(C(=O)C(C)(C)OC)CC2)c1OC.N=N. The molecule has 202 valence electrons. The summed E-state index contributed by atoms with van der Waals surface area (Å²) in [5.41, 5.74) is 17.9. The van der Waals surface area contributed by atoms with Crippen LogP contribution in [0.2, 0.25) is 0 Å². The molecule has 10 heteroatoms. The Morgan fingerprint density at radius 3 is 2.22 bits per heavy atom. The fourth-order valence-corrected chi connectivity index (χ4v) is 4.37. The van der Waals surface area contributed by atoms with Crippen LogP contribution in [-0.2, 0) is 16.0 Å². The normalized spacial score (nSPS) is 15.4. The highest BCUT2D eigenvalue weighted by Crippen LogP contribution is 2.37. The third-order valence-electron chi connectivity index (χ3n) is 6.54. The smallest absolute Gasteiger partial charge is 0.254 e. The summed E-state index contributed by atoms with van der Waals surface area (Å²) in [5, 5.41) is 0. The molecule has 0 spiro atoms. The summed E-state index contributed by atoms with van der Waals surface area (Å²) < 4.78 is 16.7. The maximum atomic E-state index is 12.9. The van der Waals surface area contributed by atoms with Crippen molar-refractivity contribution in [1.29, 1.82) is 11.1 Å². The molecule has 0 bridgehead atoms. The molecule has 1 aliphatic heterocycles. The summed E-state index contributed by atoms with van der Waals surface area (Å²) >= 11 is 0. The number of amidine groups is 1. The van der Waals surface area contributed by atoms with Crippen molar-refractivity contribution in [2.24, 2.45) is 10.7 Å². The number of piperazine rings is 1. The second-order valence-electron chi connectivity index (χ2n) is 9.07. The van der Waals surface area contributed by atoms with Gasteiger partial charge in [-0.1, -0.05) is 42.5 Å². The monoisotopic (exact) mass is 512 g/mol. The molecule has 2 aromatic carbocycles. The summed E-state index contributed by atoms with van der Waals surface area (Å²) in [4.78, 5) is 21.8. The van der Waals surface area contributed by atoms with Gasteiger partial charge in [-0.25, -0.2) is 11.1 Å². The van der Waals surface area contributed by atoms with Crippen LogP contribution in [0.4, 0.5) is 0 Å². The number of hydrogen-bond acceptors (Lipinski definition) is 8. The highest BCUT2D eigenvalue weighted by molar-refractivity contribution is 5.88. The van der Waals surface area contributed by atoms with Gasteiger partial charge in [-0.3, -0.25) is 14.7 Å². The predicted molar refractivity (Wildman–Crippen MR) is 144 cm³/mol. The highest BCUT2D eigenvalue weighted by atomic mass is 16.5. The summed E-state index contributed by atoms with van der Waals surface area (Å²) in [6.07, 6.45) is 0.803. The van der Waals surface area contributed by atoms with Gasteiger partial charge in [0.25, 0.3) is 5.91 Å². The predicted octanol–water partition coefficient (Wildman–Crippen LogP) is 3.51. The van der Waals surface area contributed by atoms with E-state index in [1.165, 1.54) is 5.56 Å². The zero-order valence-corrected chi connectivity index (χ0v) is 22.5. The number of rotatable bonds is 10. The van der Waals surface area contributed by atoms with Crippen molar-refractivity contribution < 1.29 is 19.0 Å². The molecule has 1 fully saturated rings. The van der Waals surface area contributed by atoms with Gasteiger partial charge in [0, 0.05) is 45.4 Å². The van der Waals surface area contributed by atoms with Crippen LogP contribution in [0.5, 0.6) is 11.5 Å². The summed E-state index contributed by atoms with van der Waals surface area (Å²) in [6.45, 7) is 6.61. The lowest BCUT2D eigenvalue weighted by atomic mass is 10.0. The second kappa shape index (κ2) is 14.3. The van der Waals surface area contributed by atoms with Crippen molar-refractivity contribution >= 4 is 11.7 Å². The number of amides is 1. The van der Waals surface area contributed by atoms with Gasteiger partial charge in [-0.2, -0.15) is 0 Å². The molecular weight excluding hydrogens is 472 g/mol. The Balaban J connectivity index is 0.00000235. The minimum atomic E-state index is -0.852. The van der Waals surface area contributed by atoms with E-state index < -0.39 is 5.60 Å². The fraction of sp³-hybridized carbons (Fsp3) is 0.481. The van der Waals surface area contributed by atoms with E-state index in [4.69, 9.17) is 36.0 Å². The van der Waals surface area contributed by atoms with Crippen molar-refractivity contribution in [1.82, 2.24) is 9.80 Å². The number of nitrogens with one attached hydrogen (secondary N) is 2. The zero-order valence-electron chi connectivity index (χ0n) is 22.5. The Morgan fingerprint density at radius 2 is 1.65 bits per heavy atom. The minimum Gasteiger partial charge on any atom is -0.493 e. The number of aliphatic imine (C=N–C) groups is 1. The van der Waals surface area contributed by atoms with Crippen molar-refractivity contribution in [3.63, 3.8) is 0 Å². The summed E-state index contributed by atoms with van der Waals surface area (Å²) in [5.74, 6) is 1.78. The van der Waals surface area contributed by atoms with Crippen molar-refractivity contribution in [3.8, 4) is 11.5 Å². The van der Waals surface area contributed by atoms with Gasteiger partial charge in [0.05, 0.1) is 20.3 Å². The van der Waals surface area contributed by atoms with Gasteiger partial charge in [0.2, 0.25) is 0 Å². The third-order valence-corrected chi connectivity index (χ3v) is 6.54. The lowest BCUT2D eigenvalue weighted by Crippen LogP contribution is -2.56. The first kappa shape index (κ1) is 29.7. The van der Waals surface area contributed by atoms with Crippen molar-refractivity contribution in [3.05, 3.63) is 59.7 Å². The Bertz CT molecular complexity index is 1020.